The van der Waals surface area contributed by atoms with Crippen LogP contribution in [0.5, 0.6) is 0 Å². The van der Waals surface area contributed by atoms with Crippen molar-refractivity contribution in [2.24, 2.45) is 0 Å². The van der Waals surface area contributed by atoms with Gasteiger partial charge in [0.25, 0.3) is 10.0 Å². The number of carboxylic acids is 1. The predicted molar refractivity (Wildman–Crippen MR) is 85.5 cm³/mol. The fourth-order valence-electron chi connectivity index (χ4n) is 2.31. The van der Waals surface area contributed by atoms with Gasteiger partial charge in [0.15, 0.2) is 0 Å². The van der Waals surface area contributed by atoms with Gasteiger partial charge in [-0.05, 0) is 29.1 Å². The number of sulfonamides is 1. The third kappa shape index (κ3) is 3.02. The van der Waals surface area contributed by atoms with Crippen molar-refractivity contribution in [2.45, 2.75) is 4.90 Å². The lowest BCUT2D eigenvalue weighted by molar-refractivity contribution is -0.255. The van der Waals surface area contributed by atoms with Crippen LogP contribution in [0, 0.1) is 0 Å². The van der Waals surface area contributed by atoms with Crippen molar-refractivity contribution in [1.29, 1.82) is 0 Å². The minimum atomic E-state index is -3.79. The molecule has 0 unspecified atom stereocenters. The predicted octanol–water partition coefficient (Wildman–Crippen LogP) is 2.00. The summed E-state index contributed by atoms with van der Waals surface area (Å²) >= 11 is 0. The van der Waals surface area contributed by atoms with Gasteiger partial charge >= 0.3 is 0 Å². The van der Waals surface area contributed by atoms with E-state index in [2.05, 4.69) is 4.72 Å². The third-order valence-corrected chi connectivity index (χ3v) is 4.85. The van der Waals surface area contributed by atoms with Gasteiger partial charge in [0, 0.05) is 11.1 Å². The maximum atomic E-state index is 12.6. The van der Waals surface area contributed by atoms with E-state index in [1.165, 1.54) is 30.3 Å². The highest BCUT2D eigenvalue weighted by molar-refractivity contribution is 7.93. The van der Waals surface area contributed by atoms with E-state index in [1.807, 2.05) is 18.2 Å². The molecule has 6 heteroatoms. The fourth-order valence-corrected chi connectivity index (χ4v) is 3.60. The maximum absolute atomic E-state index is 12.6. The highest BCUT2D eigenvalue weighted by Crippen LogP contribution is 2.24. The van der Waals surface area contributed by atoms with Gasteiger partial charge in [0.2, 0.25) is 0 Å². The molecule has 1 N–H and O–H groups in total. The first-order valence-electron chi connectivity index (χ1n) is 6.79. The number of rotatable bonds is 4. The molecule has 0 heterocycles. The van der Waals surface area contributed by atoms with Gasteiger partial charge in [0.1, 0.15) is 0 Å². The van der Waals surface area contributed by atoms with Crippen LogP contribution in [0.1, 0.15) is 10.4 Å². The zero-order valence-corrected chi connectivity index (χ0v) is 12.7. The third-order valence-electron chi connectivity index (χ3n) is 3.41. The zero-order valence-electron chi connectivity index (χ0n) is 11.9. The van der Waals surface area contributed by atoms with Crippen molar-refractivity contribution in [3.05, 3.63) is 72.3 Å². The minimum Gasteiger partial charge on any atom is -0.545 e. The molecule has 0 radical (unpaired) electrons. The van der Waals surface area contributed by atoms with E-state index in [1.54, 1.807) is 18.2 Å². The number of hydrogen-bond donors (Lipinski definition) is 1. The molecular weight excluding hydrogens is 314 g/mol. The number of anilines is 1. The average Bonchev–Trinajstić information content (AvgIpc) is 2.54. The summed E-state index contributed by atoms with van der Waals surface area (Å²) in [5.74, 6) is -1.31. The molecule has 0 amide bonds. The molecule has 0 aliphatic heterocycles. The molecule has 0 spiro atoms. The van der Waals surface area contributed by atoms with Gasteiger partial charge in [-0.2, -0.15) is 0 Å². The number of carbonyl (C=O) groups excluding carboxylic acids is 1. The number of fused-ring (bicyclic) bond motifs is 1. The van der Waals surface area contributed by atoms with E-state index < -0.39 is 16.0 Å². The smallest absolute Gasteiger partial charge is 0.262 e. The van der Waals surface area contributed by atoms with Crippen LogP contribution in [0.25, 0.3) is 10.8 Å². The Morgan fingerprint density at radius 3 is 2.22 bits per heavy atom. The van der Waals surface area contributed by atoms with Gasteiger partial charge < -0.3 is 9.90 Å². The van der Waals surface area contributed by atoms with E-state index in [4.69, 9.17) is 0 Å². The Balaban J connectivity index is 1.99. The molecule has 0 aliphatic carbocycles. The molecule has 5 nitrogen and oxygen atoms in total. The molecule has 23 heavy (non-hydrogen) atoms. The summed E-state index contributed by atoms with van der Waals surface area (Å²) in [6, 6.07) is 17.6. The Bertz CT molecular complexity index is 974. The van der Waals surface area contributed by atoms with Crippen LogP contribution in [0.4, 0.5) is 5.69 Å². The van der Waals surface area contributed by atoms with E-state index in [-0.39, 0.29) is 16.1 Å². The SMILES string of the molecule is O=C([O-])c1ccc(NS(=O)(=O)c2cccc3ccccc23)cc1. The van der Waals surface area contributed by atoms with Gasteiger partial charge in [-0.15, -0.1) is 0 Å². The van der Waals surface area contributed by atoms with Crippen LogP contribution in [-0.2, 0) is 10.0 Å². The van der Waals surface area contributed by atoms with Crippen LogP contribution in [-0.4, -0.2) is 14.4 Å². The van der Waals surface area contributed by atoms with Crippen molar-refractivity contribution in [1.82, 2.24) is 0 Å². The van der Waals surface area contributed by atoms with Gasteiger partial charge in [-0.1, -0.05) is 48.5 Å². The quantitative estimate of drug-likeness (QED) is 0.794. The standard InChI is InChI=1S/C17H13NO4S/c19-17(20)13-8-10-14(11-9-13)18-23(21,22)16-7-3-5-12-4-1-2-6-15(12)16/h1-11,18H,(H,19,20)/p-1. The monoisotopic (exact) mass is 326 g/mol. The molecule has 0 bridgehead atoms. The second-order valence-electron chi connectivity index (χ2n) is 4.95. The first-order chi connectivity index (χ1) is 11.0. The second-order valence-corrected chi connectivity index (χ2v) is 6.60. The van der Waals surface area contributed by atoms with Crippen LogP contribution in [0.15, 0.2) is 71.6 Å². The van der Waals surface area contributed by atoms with E-state index in [0.29, 0.717) is 5.39 Å². The second kappa shape index (κ2) is 5.73. The maximum Gasteiger partial charge on any atom is 0.262 e. The lowest BCUT2D eigenvalue weighted by Gasteiger charge is -2.11. The summed E-state index contributed by atoms with van der Waals surface area (Å²) in [4.78, 5) is 10.9. The molecule has 3 aromatic carbocycles. The fraction of sp³-hybridized carbons (Fsp3) is 0. The zero-order chi connectivity index (χ0) is 16.4. The van der Waals surface area contributed by atoms with Gasteiger partial charge in [-0.3, -0.25) is 4.72 Å². The molecule has 3 aromatic rings. The van der Waals surface area contributed by atoms with Crippen molar-refractivity contribution < 1.29 is 18.3 Å². The summed E-state index contributed by atoms with van der Waals surface area (Å²) in [5.41, 5.74) is 0.265. The summed E-state index contributed by atoms with van der Waals surface area (Å²) in [5, 5.41) is 12.2. The largest absolute Gasteiger partial charge is 0.545 e. The van der Waals surface area contributed by atoms with E-state index in [9.17, 15) is 18.3 Å². The summed E-state index contributed by atoms with van der Waals surface area (Å²) in [6.07, 6.45) is 0. The Hall–Kier alpha value is -2.86. The lowest BCUT2D eigenvalue weighted by Crippen LogP contribution is -2.22. The molecule has 0 fully saturated rings. The van der Waals surface area contributed by atoms with Crippen LogP contribution in [0.3, 0.4) is 0 Å². The number of nitrogens with one attached hydrogen (secondary N) is 1. The molecular formula is C17H12NO4S-. The Labute approximate surface area is 133 Å². The number of benzene rings is 3. The van der Waals surface area contributed by atoms with Gasteiger partial charge in [-0.25, -0.2) is 8.42 Å². The Kier molecular flexibility index (Phi) is 3.75. The highest BCUT2D eigenvalue weighted by Gasteiger charge is 2.17. The first kappa shape index (κ1) is 15.1. The average molecular weight is 326 g/mol. The summed E-state index contributed by atoms with van der Waals surface area (Å²) < 4.78 is 27.6. The Morgan fingerprint density at radius 2 is 1.52 bits per heavy atom. The van der Waals surface area contributed by atoms with Crippen molar-refractivity contribution in [3.8, 4) is 0 Å². The lowest BCUT2D eigenvalue weighted by atomic mass is 10.1. The van der Waals surface area contributed by atoms with Crippen LogP contribution in [0.2, 0.25) is 0 Å². The number of carbonyl (C=O) groups is 1. The number of aromatic carboxylic acids is 1. The summed E-state index contributed by atoms with van der Waals surface area (Å²) in [6.45, 7) is 0. The normalized spacial score (nSPS) is 11.3. The van der Waals surface area contributed by atoms with Crippen molar-refractivity contribution in [3.63, 3.8) is 0 Å². The first-order valence-corrected chi connectivity index (χ1v) is 8.28. The number of carboxylic acid groups (broad SMARTS) is 1. The van der Waals surface area contributed by atoms with Gasteiger partial charge in [0.05, 0.1) is 10.9 Å². The highest BCUT2D eigenvalue weighted by atomic mass is 32.2. The molecule has 116 valence electrons. The number of hydrogen-bond acceptors (Lipinski definition) is 4. The minimum absolute atomic E-state index is 0.0156. The summed E-state index contributed by atoms with van der Waals surface area (Å²) in [7, 11) is -3.79. The topological polar surface area (TPSA) is 86.3 Å². The van der Waals surface area contributed by atoms with E-state index in [0.717, 1.165) is 5.39 Å². The molecule has 0 aromatic heterocycles. The Morgan fingerprint density at radius 1 is 0.870 bits per heavy atom. The molecule has 0 aliphatic rings. The van der Waals surface area contributed by atoms with Crippen LogP contribution < -0.4 is 9.83 Å². The van der Waals surface area contributed by atoms with Crippen molar-refractivity contribution in [2.75, 3.05) is 4.72 Å². The molecule has 3 rings (SSSR count). The van der Waals surface area contributed by atoms with Crippen molar-refractivity contribution >= 4 is 32.5 Å². The molecule has 0 saturated carbocycles. The molecule has 0 atom stereocenters. The van der Waals surface area contributed by atoms with Crippen LogP contribution >= 0.6 is 0 Å². The molecule has 0 saturated heterocycles. The van der Waals surface area contributed by atoms with E-state index >= 15 is 0 Å².